The molecule has 0 saturated heterocycles. The average Bonchev–Trinajstić information content (AvgIpc) is 2.62. The maximum atomic E-state index is 11.4. The van der Waals surface area contributed by atoms with Gasteiger partial charge >= 0.3 is 5.97 Å². The third-order valence-corrected chi connectivity index (χ3v) is 4.13. The largest absolute Gasteiger partial charge is 0.478 e. The zero-order valence-electron chi connectivity index (χ0n) is 15.6. The van der Waals surface area contributed by atoms with Gasteiger partial charge in [-0.2, -0.15) is 4.98 Å². The van der Waals surface area contributed by atoms with E-state index >= 15 is 0 Å². The van der Waals surface area contributed by atoms with Gasteiger partial charge in [-0.15, -0.1) is 0 Å². The summed E-state index contributed by atoms with van der Waals surface area (Å²) in [4.78, 5) is 22.6. The minimum atomic E-state index is -0.987. The van der Waals surface area contributed by atoms with Crippen LogP contribution >= 0.6 is 0 Å². The van der Waals surface area contributed by atoms with Gasteiger partial charge in [-0.25, -0.2) is 9.78 Å². The molecule has 1 aromatic heterocycles. The topological polar surface area (TPSA) is 78.4 Å². The van der Waals surface area contributed by atoms with Gasteiger partial charge in [0.2, 0.25) is 5.95 Å². The van der Waals surface area contributed by atoms with E-state index in [-0.39, 0.29) is 5.56 Å². The Kier molecular flexibility index (Phi) is 5.35. The fraction of sp³-hybridized carbons (Fsp3) is 0.190. The van der Waals surface area contributed by atoms with Crippen molar-refractivity contribution in [2.24, 2.45) is 0 Å². The molecule has 0 aliphatic carbocycles. The Labute approximate surface area is 158 Å². The predicted molar refractivity (Wildman–Crippen MR) is 107 cm³/mol. The standard InChI is InChI=1S/C21H22N4O2/c1-4-25(16-9-7-8-14(2)12-16)21-22-15(3)13-19(24-21)23-18-11-6-5-10-17(18)20(26)27/h5-13H,4H2,1-3H3,(H,26,27)(H,22,23,24). The summed E-state index contributed by atoms with van der Waals surface area (Å²) in [7, 11) is 0. The third kappa shape index (κ3) is 4.23. The van der Waals surface area contributed by atoms with Crippen molar-refractivity contribution >= 4 is 29.1 Å². The van der Waals surface area contributed by atoms with Crippen LogP contribution < -0.4 is 10.2 Å². The van der Waals surface area contributed by atoms with Crippen molar-refractivity contribution in [1.29, 1.82) is 0 Å². The molecule has 138 valence electrons. The highest BCUT2D eigenvalue weighted by Crippen LogP contribution is 2.26. The van der Waals surface area contributed by atoms with Crippen molar-refractivity contribution in [3.8, 4) is 0 Å². The quantitative estimate of drug-likeness (QED) is 0.662. The molecule has 0 bridgehead atoms. The van der Waals surface area contributed by atoms with Crippen LogP contribution in [-0.2, 0) is 0 Å². The number of benzene rings is 2. The lowest BCUT2D eigenvalue weighted by molar-refractivity contribution is 0.0698. The van der Waals surface area contributed by atoms with Gasteiger partial charge in [0.15, 0.2) is 0 Å². The van der Waals surface area contributed by atoms with Crippen molar-refractivity contribution < 1.29 is 9.90 Å². The molecule has 0 spiro atoms. The molecular formula is C21H22N4O2. The van der Waals surface area contributed by atoms with Crippen LogP contribution in [0.4, 0.5) is 23.1 Å². The number of anilines is 4. The van der Waals surface area contributed by atoms with Gasteiger partial charge in [0.05, 0.1) is 11.3 Å². The lowest BCUT2D eigenvalue weighted by Crippen LogP contribution is -2.19. The van der Waals surface area contributed by atoms with E-state index in [1.165, 1.54) is 0 Å². The summed E-state index contributed by atoms with van der Waals surface area (Å²) in [5.41, 5.74) is 3.66. The normalized spacial score (nSPS) is 10.5. The Morgan fingerprint density at radius 1 is 1.07 bits per heavy atom. The summed E-state index contributed by atoms with van der Waals surface area (Å²) in [6.45, 7) is 6.69. The SMILES string of the molecule is CCN(c1cccc(C)c1)c1nc(C)cc(Nc2ccccc2C(=O)O)n1. The Bertz CT molecular complexity index is 972. The Hall–Kier alpha value is -3.41. The Morgan fingerprint density at radius 3 is 2.56 bits per heavy atom. The summed E-state index contributed by atoms with van der Waals surface area (Å²) in [5.74, 6) is 0.134. The molecule has 0 radical (unpaired) electrons. The number of aromatic nitrogens is 2. The van der Waals surface area contributed by atoms with Crippen molar-refractivity contribution in [2.45, 2.75) is 20.8 Å². The second kappa shape index (κ2) is 7.86. The highest BCUT2D eigenvalue weighted by atomic mass is 16.4. The van der Waals surface area contributed by atoms with Gasteiger partial charge in [-0.05, 0) is 50.6 Å². The monoisotopic (exact) mass is 362 g/mol. The van der Waals surface area contributed by atoms with E-state index < -0.39 is 5.97 Å². The zero-order valence-corrected chi connectivity index (χ0v) is 15.6. The lowest BCUT2D eigenvalue weighted by atomic mass is 10.2. The first-order valence-electron chi connectivity index (χ1n) is 8.77. The molecule has 0 amide bonds. The number of nitrogens with zero attached hydrogens (tertiary/aromatic N) is 3. The van der Waals surface area contributed by atoms with Crippen LogP contribution in [0.2, 0.25) is 0 Å². The van der Waals surface area contributed by atoms with Crippen LogP contribution in [0.1, 0.15) is 28.5 Å². The van der Waals surface area contributed by atoms with Gasteiger partial charge in [0, 0.05) is 24.0 Å². The highest BCUT2D eigenvalue weighted by molar-refractivity contribution is 5.95. The average molecular weight is 362 g/mol. The number of aromatic carboxylic acids is 1. The predicted octanol–water partition coefficient (Wildman–Crippen LogP) is 4.69. The third-order valence-electron chi connectivity index (χ3n) is 4.13. The number of para-hydroxylation sites is 1. The molecule has 0 unspecified atom stereocenters. The summed E-state index contributed by atoms with van der Waals surface area (Å²) in [5, 5.41) is 12.5. The van der Waals surface area contributed by atoms with Crippen LogP contribution in [0, 0.1) is 13.8 Å². The first-order valence-corrected chi connectivity index (χ1v) is 8.77. The molecule has 0 saturated carbocycles. The molecular weight excluding hydrogens is 340 g/mol. The van der Waals surface area contributed by atoms with Crippen molar-refractivity contribution in [2.75, 3.05) is 16.8 Å². The number of rotatable bonds is 6. The molecule has 27 heavy (non-hydrogen) atoms. The van der Waals surface area contributed by atoms with E-state index in [4.69, 9.17) is 0 Å². The molecule has 2 aromatic carbocycles. The Balaban J connectivity index is 1.98. The molecule has 6 nitrogen and oxygen atoms in total. The van der Waals surface area contributed by atoms with E-state index in [0.29, 0.717) is 24.0 Å². The number of carboxylic acids is 1. The number of nitrogens with one attached hydrogen (secondary N) is 1. The van der Waals surface area contributed by atoms with E-state index in [0.717, 1.165) is 16.9 Å². The summed E-state index contributed by atoms with van der Waals surface area (Å²) < 4.78 is 0. The number of carbonyl (C=O) groups is 1. The molecule has 0 aliphatic heterocycles. The lowest BCUT2D eigenvalue weighted by Gasteiger charge is -2.22. The smallest absolute Gasteiger partial charge is 0.337 e. The van der Waals surface area contributed by atoms with Crippen LogP contribution in [-0.4, -0.2) is 27.6 Å². The fourth-order valence-electron chi connectivity index (χ4n) is 2.89. The Morgan fingerprint density at radius 2 is 1.85 bits per heavy atom. The van der Waals surface area contributed by atoms with Crippen molar-refractivity contribution in [3.05, 3.63) is 71.4 Å². The van der Waals surface area contributed by atoms with Gasteiger partial charge in [-0.1, -0.05) is 24.3 Å². The van der Waals surface area contributed by atoms with E-state index in [2.05, 4.69) is 21.4 Å². The summed E-state index contributed by atoms with van der Waals surface area (Å²) >= 11 is 0. The number of aryl methyl sites for hydroxylation is 2. The zero-order chi connectivity index (χ0) is 19.4. The molecule has 3 aromatic rings. The van der Waals surface area contributed by atoms with Crippen LogP contribution in [0.3, 0.4) is 0 Å². The molecule has 0 atom stereocenters. The summed E-state index contributed by atoms with van der Waals surface area (Å²) in [6, 6.07) is 16.7. The number of hydrogen-bond donors (Lipinski definition) is 2. The maximum absolute atomic E-state index is 11.4. The second-order valence-electron chi connectivity index (χ2n) is 6.25. The van der Waals surface area contributed by atoms with E-state index in [9.17, 15) is 9.90 Å². The highest BCUT2D eigenvalue weighted by Gasteiger charge is 2.14. The minimum Gasteiger partial charge on any atom is -0.478 e. The molecule has 0 fully saturated rings. The van der Waals surface area contributed by atoms with Crippen molar-refractivity contribution in [3.63, 3.8) is 0 Å². The van der Waals surface area contributed by atoms with Gasteiger partial charge in [0.25, 0.3) is 0 Å². The number of hydrogen-bond acceptors (Lipinski definition) is 5. The fourth-order valence-corrected chi connectivity index (χ4v) is 2.89. The second-order valence-corrected chi connectivity index (χ2v) is 6.25. The van der Waals surface area contributed by atoms with E-state index in [1.54, 1.807) is 30.3 Å². The number of carboxylic acid groups (broad SMARTS) is 1. The first-order chi connectivity index (χ1) is 13.0. The molecule has 3 rings (SSSR count). The maximum Gasteiger partial charge on any atom is 0.337 e. The van der Waals surface area contributed by atoms with Gasteiger partial charge in [0.1, 0.15) is 5.82 Å². The van der Waals surface area contributed by atoms with Gasteiger partial charge < -0.3 is 15.3 Å². The molecule has 0 aliphatic rings. The van der Waals surface area contributed by atoms with Crippen LogP contribution in [0.25, 0.3) is 0 Å². The first kappa shape index (κ1) is 18.4. The van der Waals surface area contributed by atoms with E-state index in [1.807, 2.05) is 43.9 Å². The van der Waals surface area contributed by atoms with Crippen LogP contribution in [0.15, 0.2) is 54.6 Å². The molecule has 2 N–H and O–H groups in total. The molecule has 6 heteroatoms. The minimum absolute atomic E-state index is 0.196. The summed E-state index contributed by atoms with van der Waals surface area (Å²) in [6.07, 6.45) is 0. The van der Waals surface area contributed by atoms with Gasteiger partial charge in [-0.3, -0.25) is 0 Å². The van der Waals surface area contributed by atoms with Crippen LogP contribution in [0.5, 0.6) is 0 Å². The van der Waals surface area contributed by atoms with Crippen molar-refractivity contribution in [1.82, 2.24) is 9.97 Å². The molecule has 1 heterocycles.